The Labute approximate surface area is 129 Å². The van der Waals surface area contributed by atoms with E-state index in [9.17, 15) is 4.79 Å². The summed E-state index contributed by atoms with van der Waals surface area (Å²) in [5, 5.41) is 2.84. The average molecular weight is 300 g/mol. The highest BCUT2D eigenvalue weighted by Gasteiger charge is 2.13. The van der Waals surface area contributed by atoms with Crippen molar-refractivity contribution in [2.24, 2.45) is 5.73 Å². The highest BCUT2D eigenvalue weighted by molar-refractivity contribution is 5.95. The van der Waals surface area contributed by atoms with Crippen molar-refractivity contribution >= 4 is 11.6 Å². The minimum Gasteiger partial charge on any atom is -0.424 e. The van der Waals surface area contributed by atoms with Gasteiger partial charge in [0.15, 0.2) is 0 Å². The van der Waals surface area contributed by atoms with Crippen molar-refractivity contribution in [2.45, 2.75) is 32.7 Å². The van der Waals surface area contributed by atoms with E-state index >= 15 is 0 Å². The molecule has 0 radical (unpaired) electrons. The number of nitrogens with zero attached hydrogens (tertiary/aromatic N) is 2. The number of carbonyl (C=O) groups is 1. The molecule has 3 N–H and O–H groups in total. The summed E-state index contributed by atoms with van der Waals surface area (Å²) in [4.78, 5) is 19.9. The Balaban J connectivity index is 2.05. The Morgan fingerprint density at radius 1 is 1.36 bits per heavy atom. The van der Waals surface area contributed by atoms with Crippen LogP contribution < -0.4 is 15.8 Å². The molecule has 2 aromatic rings. The summed E-state index contributed by atoms with van der Waals surface area (Å²) in [6.07, 6.45) is 4.76. The van der Waals surface area contributed by atoms with Crippen molar-refractivity contribution < 1.29 is 9.53 Å². The van der Waals surface area contributed by atoms with E-state index in [2.05, 4.69) is 15.3 Å². The Hall–Kier alpha value is -2.47. The maximum Gasteiger partial charge on any atom is 0.321 e. The molecule has 0 aliphatic carbocycles. The van der Waals surface area contributed by atoms with E-state index in [1.165, 1.54) is 0 Å². The Morgan fingerprint density at radius 2 is 2.09 bits per heavy atom. The fourth-order valence-corrected chi connectivity index (χ4v) is 1.95. The van der Waals surface area contributed by atoms with Gasteiger partial charge in [-0.05, 0) is 43.2 Å². The molecule has 1 atom stereocenters. The number of anilines is 1. The molecule has 1 aromatic carbocycles. The SMILES string of the molecule is CCCC(N)C(=O)Nc1ccc(Oc2ncccn2)cc1C. The highest BCUT2D eigenvalue weighted by Crippen LogP contribution is 2.24. The molecule has 1 aromatic heterocycles. The van der Waals surface area contributed by atoms with E-state index in [1.807, 2.05) is 19.9 Å². The second kappa shape index (κ2) is 7.51. The lowest BCUT2D eigenvalue weighted by Gasteiger charge is -2.13. The summed E-state index contributed by atoms with van der Waals surface area (Å²) in [7, 11) is 0. The van der Waals surface area contributed by atoms with Crippen LogP contribution in [0.25, 0.3) is 0 Å². The fourth-order valence-electron chi connectivity index (χ4n) is 1.95. The molecule has 1 amide bonds. The molecule has 0 saturated carbocycles. The summed E-state index contributed by atoms with van der Waals surface area (Å²) >= 11 is 0. The van der Waals surface area contributed by atoms with Gasteiger partial charge < -0.3 is 15.8 Å². The third kappa shape index (κ3) is 4.26. The van der Waals surface area contributed by atoms with Crippen molar-refractivity contribution in [3.63, 3.8) is 0 Å². The Morgan fingerprint density at radius 3 is 2.73 bits per heavy atom. The molecule has 0 bridgehead atoms. The van der Waals surface area contributed by atoms with Gasteiger partial charge in [-0.25, -0.2) is 9.97 Å². The fraction of sp³-hybridized carbons (Fsp3) is 0.312. The van der Waals surface area contributed by atoms with Crippen molar-refractivity contribution in [3.8, 4) is 11.8 Å². The summed E-state index contributed by atoms with van der Waals surface area (Å²) in [5.41, 5.74) is 7.40. The summed E-state index contributed by atoms with van der Waals surface area (Å²) in [6, 6.07) is 6.86. The first-order chi connectivity index (χ1) is 10.6. The van der Waals surface area contributed by atoms with Crippen LogP contribution in [0.5, 0.6) is 11.8 Å². The number of amides is 1. The standard InChI is InChI=1S/C16H20N4O2/c1-3-5-13(17)15(21)20-14-7-6-12(10-11(14)2)22-16-18-8-4-9-19-16/h4,6-10,13H,3,5,17H2,1-2H3,(H,20,21). The molecular weight excluding hydrogens is 280 g/mol. The minimum atomic E-state index is -0.488. The topological polar surface area (TPSA) is 90.1 Å². The summed E-state index contributed by atoms with van der Waals surface area (Å²) < 4.78 is 5.55. The number of ether oxygens (including phenoxy) is 1. The van der Waals surface area contributed by atoms with Crippen molar-refractivity contribution in [1.29, 1.82) is 0 Å². The number of aryl methyl sites for hydroxylation is 1. The molecule has 116 valence electrons. The number of hydrogen-bond donors (Lipinski definition) is 2. The monoisotopic (exact) mass is 300 g/mol. The number of aromatic nitrogens is 2. The van der Waals surface area contributed by atoms with Gasteiger partial charge in [0.1, 0.15) is 5.75 Å². The largest absolute Gasteiger partial charge is 0.424 e. The molecule has 0 spiro atoms. The van der Waals surface area contributed by atoms with Crippen LogP contribution in [0.1, 0.15) is 25.3 Å². The van der Waals surface area contributed by atoms with E-state index < -0.39 is 6.04 Å². The number of rotatable bonds is 6. The molecular formula is C16H20N4O2. The second-order valence-corrected chi connectivity index (χ2v) is 4.99. The maximum absolute atomic E-state index is 11.9. The molecule has 2 rings (SSSR count). The molecule has 1 unspecified atom stereocenters. The minimum absolute atomic E-state index is 0.176. The lowest BCUT2D eigenvalue weighted by molar-refractivity contribution is -0.117. The van der Waals surface area contributed by atoms with Crippen LogP contribution >= 0.6 is 0 Å². The first kappa shape index (κ1) is 15.9. The molecule has 0 fully saturated rings. The van der Waals surface area contributed by atoms with Gasteiger partial charge in [-0.1, -0.05) is 13.3 Å². The van der Waals surface area contributed by atoms with Gasteiger partial charge in [0.25, 0.3) is 0 Å². The van der Waals surface area contributed by atoms with E-state index in [1.54, 1.807) is 30.6 Å². The zero-order valence-electron chi connectivity index (χ0n) is 12.7. The predicted molar refractivity (Wildman–Crippen MR) is 84.8 cm³/mol. The Bertz CT molecular complexity index is 631. The average Bonchev–Trinajstić information content (AvgIpc) is 2.51. The quantitative estimate of drug-likeness (QED) is 0.856. The molecule has 0 saturated heterocycles. The first-order valence-electron chi connectivity index (χ1n) is 7.22. The van der Waals surface area contributed by atoms with Gasteiger partial charge >= 0.3 is 6.01 Å². The number of hydrogen-bond acceptors (Lipinski definition) is 5. The third-order valence-electron chi connectivity index (χ3n) is 3.14. The van der Waals surface area contributed by atoms with Crippen molar-refractivity contribution in [1.82, 2.24) is 9.97 Å². The third-order valence-corrected chi connectivity index (χ3v) is 3.14. The molecule has 6 heteroatoms. The number of nitrogens with two attached hydrogens (primary N) is 1. The van der Waals surface area contributed by atoms with Crippen LogP contribution in [0.4, 0.5) is 5.69 Å². The lowest BCUT2D eigenvalue weighted by atomic mass is 10.1. The smallest absolute Gasteiger partial charge is 0.321 e. The zero-order valence-corrected chi connectivity index (χ0v) is 12.7. The molecule has 0 aliphatic rings. The van der Waals surface area contributed by atoms with Gasteiger partial charge in [0, 0.05) is 18.1 Å². The van der Waals surface area contributed by atoms with Crippen molar-refractivity contribution in [3.05, 3.63) is 42.2 Å². The van der Waals surface area contributed by atoms with Gasteiger partial charge in [0.2, 0.25) is 5.91 Å². The molecule has 22 heavy (non-hydrogen) atoms. The van der Waals surface area contributed by atoms with E-state index in [0.717, 1.165) is 17.7 Å². The van der Waals surface area contributed by atoms with Crippen LogP contribution in [-0.4, -0.2) is 21.9 Å². The van der Waals surface area contributed by atoms with Gasteiger partial charge in [-0.15, -0.1) is 0 Å². The summed E-state index contributed by atoms with van der Waals surface area (Å²) in [5.74, 6) is 0.435. The van der Waals surface area contributed by atoms with Crippen LogP contribution in [0, 0.1) is 6.92 Å². The van der Waals surface area contributed by atoms with E-state index in [-0.39, 0.29) is 11.9 Å². The lowest BCUT2D eigenvalue weighted by Crippen LogP contribution is -2.35. The van der Waals surface area contributed by atoms with E-state index in [0.29, 0.717) is 12.2 Å². The second-order valence-electron chi connectivity index (χ2n) is 4.99. The van der Waals surface area contributed by atoms with Crippen LogP contribution in [0.3, 0.4) is 0 Å². The molecule has 6 nitrogen and oxygen atoms in total. The highest BCUT2D eigenvalue weighted by atomic mass is 16.5. The first-order valence-corrected chi connectivity index (χ1v) is 7.22. The van der Waals surface area contributed by atoms with Gasteiger partial charge in [-0.3, -0.25) is 4.79 Å². The van der Waals surface area contributed by atoms with E-state index in [4.69, 9.17) is 10.5 Å². The normalized spacial score (nSPS) is 11.8. The van der Waals surface area contributed by atoms with Crippen LogP contribution in [0.2, 0.25) is 0 Å². The number of benzene rings is 1. The zero-order chi connectivity index (χ0) is 15.9. The number of nitrogens with one attached hydrogen (secondary N) is 1. The van der Waals surface area contributed by atoms with Crippen molar-refractivity contribution in [2.75, 3.05) is 5.32 Å². The number of carbonyl (C=O) groups excluding carboxylic acids is 1. The summed E-state index contributed by atoms with van der Waals surface area (Å²) in [6.45, 7) is 3.88. The van der Waals surface area contributed by atoms with Gasteiger partial charge in [-0.2, -0.15) is 0 Å². The molecule has 0 aliphatic heterocycles. The van der Waals surface area contributed by atoms with Crippen LogP contribution in [0.15, 0.2) is 36.7 Å². The van der Waals surface area contributed by atoms with Gasteiger partial charge in [0.05, 0.1) is 6.04 Å². The predicted octanol–water partition coefficient (Wildman–Crippen LogP) is 2.64. The van der Waals surface area contributed by atoms with Crippen LogP contribution in [-0.2, 0) is 4.79 Å². The maximum atomic E-state index is 11.9. The molecule has 1 heterocycles. The Kier molecular flexibility index (Phi) is 5.43.